The Labute approximate surface area is 132 Å². The van der Waals surface area contributed by atoms with Gasteiger partial charge in [0.1, 0.15) is 0 Å². The van der Waals surface area contributed by atoms with Crippen molar-refractivity contribution in [3.05, 3.63) is 60.2 Å². The molecule has 0 bridgehead atoms. The Morgan fingerprint density at radius 1 is 0.909 bits per heavy atom. The van der Waals surface area contributed by atoms with Crippen LogP contribution in [-0.2, 0) is 11.2 Å². The molecule has 0 aliphatic carbocycles. The van der Waals surface area contributed by atoms with E-state index in [1.807, 2.05) is 30.3 Å². The molecule has 0 atom stereocenters. The predicted molar refractivity (Wildman–Crippen MR) is 91.3 cm³/mol. The van der Waals surface area contributed by atoms with Crippen LogP contribution in [0.25, 0.3) is 0 Å². The van der Waals surface area contributed by atoms with Crippen molar-refractivity contribution in [1.82, 2.24) is 0 Å². The van der Waals surface area contributed by atoms with Crippen molar-refractivity contribution in [3.63, 3.8) is 0 Å². The van der Waals surface area contributed by atoms with Gasteiger partial charge in [-0.1, -0.05) is 30.3 Å². The zero-order valence-corrected chi connectivity index (χ0v) is 12.8. The largest absolute Gasteiger partial charge is 0.372 e. The van der Waals surface area contributed by atoms with Gasteiger partial charge in [0.2, 0.25) is 5.91 Å². The minimum atomic E-state index is 0.0249. The lowest BCUT2D eigenvalue weighted by atomic mass is 10.1. The number of anilines is 2. The summed E-state index contributed by atoms with van der Waals surface area (Å²) in [6, 6.07) is 18.0. The molecule has 0 unspecified atom stereocenters. The molecule has 0 radical (unpaired) electrons. The van der Waals surface area contributed by atoms with Crippen LogP contribution in [0.3, 0.4) is 0 Å². The monoisotopic (exact) mass is 294 g/mol. The van der Waals surface area contributed by atoms with Gasteiger partial charge in [0.15, 0.2) is 0 Å². The van der Waals surface area contributed by atoms with E-state index in [9.17, 15) is 4.79 Å². The quantitative estimate of drug-likeness (QED) is 0.928. The molecule has 1 fully saturated rings. The van der Waals surface area contributed by atoms with Crippen molar-refractivity contribution < 1.29 is 4.79 Å². The smallest absolute Gasteiger partial charge is 0.228 e. The standard InChI is InChI=1S/C19H22N2O/c22-19(20-17-7-3-1-4-8-17)15-16-9-11-18(12-10-16)21-13-5-2-6-14-21/h1,3-4,7-12H,2,5-6,13-15H2,(H,20,22). The van der Waals surface area contributed by atoms with Crippen molar-refractivity contribution in [2.75, 3.05) is 23.3 Å². The summed E-state index contributed by atoms with van der Waals surface area (Å²) in [4.78, 5) is 14.5. The van der Waals surface area contributed by atoms with E-state index in [1.54, 1.807) is 0 Å². The molecule has 2 aromatic carbocycles. The Hall–Kier alpha value is -2.29. The Morgan fingerprint density at radius 3 is 2.27 bits per heavy atom. The summed E-state index contributed by atoms with van der Waals surface area (Å²) in [5, 5.41) is 2.92. The van der Waals surface area contributed by atoms with Gasteiger partial charge in [-0.2, -0.15) is 0 Å². The van der Waals surface area contributed by atoms with Crippen LogP contribution in [0.2, 0.25) is 0 Å². The summed E-state index contributed by atoms with van der Waals surface area (Å²) in [6.45, 7) is 2.29. The van der Waals surface area contributed by atoms with E-state index in [0.717, 1.165) is 24.3 Å². The maximum atomic E-state index is 12.0. The zero-order valence-electron chi connectivity index (χ0n) is 12.8. The van der Waals surface area contributed by atoms with Crippen molar-refractivity contribution in [1.29, 1.82) is 0 Å². The predicted octanol–water partition coefficient (Wildman–Crippen LogP) is 3.86. The molecule has 0 spiro atoms. The molecule has 1 aliphatic heterocycles. The average molecular weight is 294 g/mol. The Morgan fingerprint density at radius 2 is 1.59 bits per heavy atom. The lowest BCUT2D eigenvalue weighted by Gasteiger charge is -2.28. The first-order chi connectivity index (χ1) is 10.8. The minimum absolute atomic E-state index is 0.0249. The van der Waals surface area contributed by atoms with Gasteiger partial charge >= 0.3 is 0 Å². The number of carbonyl (C=O) groups is 1. The first-order valence-corrected chi connectivity index (χ1v) is 8.00. The molecule has 3 rings (SSSR count). The van der Waals surface area contributed by atoms with Crippen molar-refractivity contribution >= 4 is 17.3 Å². The number of carbonyl (C=O) groups excluding carboxylic acids is 1. The van der Waals surface area contributed by atoms with Gasteiger partial charge in [0.25, 0.3) is 0 Å². The molecular formula is C19H22N2O. The number of hydrogen-bond acceptors (Lipinski definition) is 2. The number of piperidine rings is 1. The van der Waals surface area contributed by atoms with Gasteiger partial charge in [-0.05, 0) is 49.1 Å². The SMILES string of the molecule is O=C(Cc1ccc(N2CCCCC2)cc1)Nc1ccccc1. The fourth-order valence-electron chi connectivity index (χ4n) is 2.89. The minimum Gasteiger partial charge on any atom is -0.372 e. The summed E-state index contributed by atoms with van der Waals surface area (Å²) in [6.07, 6.45) is 4.31. The van der Waals surface area contributed by atoms with Crippen molar-refractivity contribution in [3.8, 4) is 0 Å². The normalized spacial score (nSPS) is 14.6. The number of benzene rings is 2. The number of nitrogens with zero attached hydrogens (tertiary/aromatic N) is 1. The van der Waals surface area contributed by atoms with Gasteiger partial charge in [0, 0.05) is 24.5 Å². The third-order valence-corrected chi connectivity index (χ3v) is 4.08. The second-order valence-electron chi connectivity index (χ2n) is 5.81. The Kier molecular flexibility index (Phi) is 4.74. The molecule has 0 saturated carbocycles. The molecule has 114 valence electrons. The van der Waals surface area contributed by atoms with Crippen LogP contribution in [0, 0.1) is 0 Å². The summed E-state index contributed by atoms with van der Waals surface area (Å²) in [7, 11) is 0. The number of amides is 1. The van der Waals surface area contributed by atoms with Gasteiger partial charge in [-0.25, -0.2) is 0 Å². The van der Waals surface area contributed by atoms with E-state index in [2.05, 4.69) is 34.5 Å². The van der Waals surface area contributed by atoms with Crippen LogP contribution in [-0.4, -0.2) is 19.0 Å². The number of rotatable bonds is 4. The number of hydrogen-bond donors (Lipinski definition) is 1. The van der Waals surface area contributed by atoms with Crippen LogP contribution in [0.5, 0.6) is 0 Å². The Bertz CT molecular complexity index is 601. The van der Waals surface area contributed by atoms with E-state index >= 15 is 0 Å². The van der Waals surface area contributed by atoms with Crippen LogP contribution in [0.1, 0.15) is 24.8 Å². The third kappa shape index (κ3) is 3.88. The van der Waals surface area contributed by atoms with Gasteiger partial charge < -0.3 is 10.2 Å². The lowest BCUT2D eigenvalue weighted by molar-refractivity contribution is -0.115. The first kappa shape index (κ1) is 14.6. The molecule has 3 nitrogen and oxygen atoms in total. The molecule has 2 aromatic rings. The highest BCUT2D eigenvalue weighted by Crippen LogP contribution is 2.20. The fraction of sp³-hybridized carbons (Fsp3) is 0.316. The molecule has 0 aromatic heterocycles. The van der Waals surface area contributed by atoms with Crippen LogP contribution in [0.15, 0.2) is 54.6 Å². The molecule has 1 N–H and O–H groups in total. The van der Waals surface area contributed by atoms with E-state index in [0.29, 0.717) is 6.42 Å². The maximum absolute atomic E-state index is 12.0. The average Bonchev–Trinajstić information content (AvgIpc) is 2.57. The van der Waals surface area contributed by atoms with Gasteiger partial charge in [0.05, 0.1) is 6.42 Å². The highest BCUT2D eigenvalue weighted by atomic mass is 16.1. The van der Waals surface area contributed by atoms with E-state index in [-0.39, 0.29) is 5.91 Å². The summed E-state index contributed by atoms with van der Waals surface area (Å²) < 4.78 is 0. The molecule has 1 aliphatic rings. The van der Waals surface area contributed by atoms with E-state index < -0.39 is 0 Å². The zero-order chi connectivity index (χ0) is 15.2. The van der Waals surface area contributed by atoms with Crippen molar-refractivity contribution in [2.45, 2.75) is 25.7 Å². The molecule has 1 saturated heterocycles. The molecule has 22 heavy (non-hydrogen) atoms. The molecule has 3 heteroatoms. The highest BCUT2D eigenvalue weighted by Gasteiger charge is 2.11. The fourth-order valence-corrected chi connectivity index (χ4v) is 2.89. The van der Waals surface area contributed by atoms with Crippen LogP contribution < -0.4 is 10.2 Å². The van der Waals surface area contributed by atoms with Crippen molar-refractivity contribution in [2.24, 2.45) is 0 Å². The number of para-hydroxylation sites is 1. The third-order valence-electron chi connectivity index (χ3n) is 4.08. The molecule has 1 amide bonds. The van der Waals surface area contributed by atoms with E-state index in [4.69, 9.17) is 0 Å². The first-order valence-electron chi connectivity index (χ1n) is 8.00. The molecular weight excluding hydrogens is 272 g/mol. The lowest BCUT2D eigenvalue weighted by Crippen LogP contribution is -2.29. The van der Waals surface area contributed by atoms with E-state index in [1.165, 1.54) is 24.9 Å². The summed E-state index contributed by atoms with van der Waals surface area (Å²) in [5.74, 6) is 0.0249. The van der Waals surface area contributed by atoms with Crippen LogP contribution in [0.4, 0.5) is 11.4 Å². The topological polar surface area (TPSA) is 32.3 Å². The highest BCUT2D eigenvalue weighted by molar-refractivity contribution is 5.92. The second kappa shape index (κ2) is 7.12. The van der Waals surface area contributed by atoms with Crippen LogP contribution >= 0.6 is 0 Å². The summed E-state index contributed by atoms with van der Waals surface area (Å²) in [5.41, 5.74) is 3.17. The summed E-state index contributed by atoms with van der Waals surface area (Å²) >= 11 is 0. The molecule has 1 heterocycles. The van der Waals surface area contributed by atoms with Gasteiger partial charge in [-0.3, -0.25) is 4.79 Å². The Balaban J connectivity index is 1.57. The second-order valence-corrected chi connectivity index (χ2v) is 5.81. The maximum Gasteiger partial charge on any atom is 0.228 e. The van der Waals surface area contributed by atoms with Gasteiger partial charge in [-0.15, -0.1) is 0 Å². The number of nitrogens with one attached hydrogen (secondary N) is 1.